The summed E-state index contributed by atoms with van der Waals surface area (Å²) >= 11 is 3.05. The molecular weight excluding hydrogens is 661 g/mol. The van der Waals surface area contributed by atoms with Gasteiger partial charge in [0.2, 0.25) is 0 Å². The zero-order valence-electron chi connectivity index (χ0n) is 28.9. The fourth-order valence-electron chi connectivity index (χ4n) is 6.69. The molecule has 2 aromatic carbocycles. The highest BCUT2D eigenvalue weighted by molar-refractivity contribution is 7.99. The van der Waals surface area contributed by atoms with Gasteiger partial charge < -0.3 is 10.1 Å². The van der Waals surface area contributed by atoms with Crippen LogP contribution in [0.1, 0.15) is 76.4 Å². The largest absolute Gasteiger partial charge is 0.481 e. The van der Waals surface area contributed by atoms with Gasteiger partial charge in [-0.25, -0.2) is 18.4 Å². The molecule has 5 aromatic rings. The highest BCUT2D eigenvalue weighted by atomic mass is 32.2. The van der Waals surface area contributed by atoms with Crippen molar-refractivity contribution in [1.29, 1.82) is 0 Å². The SMILES string of the molecule is Cn1nc2nc1-c1cc(ccn1)Sc1c(F)c(F)c3[nH]ccc3c1CCSCC(C)(C)CCC[C@]2(C)c1cccc(CC(C)(C)C(=O)O)c1. The van der Waals surface area contributed by atoms with Gasteiger partial charge in [0.25, 0.3) is 0 Å². The van der Waals surface area contributed by atoms with E-state index in [-0.39, 0.29) is 10.9 Å². The van der Waals surface area contributed by atoms with Crippen LogP contribution in [0.15, 0.2) is 64.6 Å². The summed E-state index contributed by atoms with van der Waals surface area (Å²) < 4.78 is 32.8. The number of fused-ring (bicyclic) bond motifs is 8. The topological polar surface area (TPSA) is 96.7 Å². The second-order valence-electron chi connectivity index (χ2n) is 14.8. The van der Waals surface area contributed by atoms with E-state index in [2.05, 4.69) is 42.9 Å². The summed E-state index contributed by atoms with van der Waals surface area (Å²) in [7, 11) is 1.84. The molecular formula is C38H43F2N5O2S2. The van der Waals surface area contributed by atoms with Gasteiger partial charge in [0.15, 0.2) is 23.3 Å². The number of aromatic amines is 1. The number of nitrogens with one attached hydrogen (secondary N) is 1. The lowest BCUT2D eigenvalue weighted by molar-refractivity contribution is -0.146. The number of benzene rings is 2. The molecule has 11 heteroatoms. The molecule has 3 aromatic heterocycles. The number of pyridine rings is 1. The Labute approximate surface area is 294 Å². The smallest absolute Gasteiger partial charge is 0.309 e. The summed E-state index contributed by atoms with van der Waals surface area (Å²) in [5, 5.41) is 15.5. The summed E-state index contributed by atoms with van der Waals surface area (Å²) in [6.45, 7) is 10.2. The highest BCUT2D eigenvalue weighted by Gasteiger charge is 2.36. The number of carboxylic acid groups (broad SMARTS) is 1. The van der Waals surface area contributed by atoms with Crippen LogP contribution in [0, 0.1) is 22.5 Å². The first-order valence-corrected chi connectivity index (χ1v) is 18.6. The van der Waals surface area contributed by atoms with Crippen LogP contribution in [0.4, 0.5) is 8.78 Å². The summed E-state index contributed by atoms with van der Waals surface area (Å²) in [4.78, 5) is 25.6. The Hall–Kier alpha value is -3.70. The maximum Gasteiger partial charge on any atom is 0.309 e. The molecule has 0 saturated heterocycles. The summed E-state index contributed by atoms with van der Waals surface area (Å²) in [6, 6.07) is 13.7. The number of aryl methyl sites for hydroxylation is 2. The molecule has 1 atom stereocenters. The van der Waals surface area contributed by atoms with Crippen molar-refractivity contribution in [3.63, 3.8) is 0 Å². The number of hydrogen-bond acceptors (Lipinski definition) is 6. The van der Waals surface area contributed by atoms with Gasteiger partial charge in [-0.1, -0.05) is 56.3 Å². The lowest BCUT2D eigenvalue weighted by Crippen LogP contribution is -2.28. The van der Waals surface area contributed by atoms with E-state index in [9.17, 15) is 9.90 Å². The molecule has 0 radical (unpaired) electrons. The van der Waals surface area contributed by atoms with Gasteiger partial charge in [-0.2, -0.15) is 16.9 Å². The minimum absolute atomic E-state index is 0.0312. The number of rotatable bonds is 4. The maximum absolute atomic E-state index is 15.8. The molecule has 2 N–H and O–H groups in total. The van der Waals surface area contributed by atoms with Gasteiger partial charge >= 0.3 is 5.97 Å². The molecule has 4 heterocycles. The van der Waals surface area contributed by atoms with E-state index in [0.29, 0.717) is 40.5 Å². The number of nitrogens with zero attached hydrogens (tertiary/aromatic N) is 4. The molecule has 0 fully saturated rings. The van der Waals surface area contributed by atoms with Crippen LogP contribution < -0.4 is 0 Å². The summed E-state index contributed by atoms with van der Waals surface area (Å²) in [5.41, 5.74) is 2.12. The van der Waals surface area contributed by atoms with E-state index in [0.717, 1.165) is 52.4 Å². The number of carboxylic acids is 1. The second kappa shape index (κ2) is 13.5. The number of halogens is 2. The minimum atomic E-state index is -0.909. The average Bonchev–Trinajstić information content (AvgIpc) is 3.70. The molecule has 258 valence electrons. The van der Waals surface area contributed by atoms with Gasteiger partial charge in [0, 0.05) is 29.7 Å². The quantitative estimate of drug-likeness (QED) is 0.193. The number of hydrogen-bond donors (Lipinski definition) is 2. The molecule has 0 saturated carbocycles. The minimum Gasteiger partial charge on any atom is -0.481 e. The van der Waals surface area contributed by atoms with Crippen LogP contribution in [0.25, 0.3) is 22.4 Å². The molecule has 7 nitrogen and oxygen atoms in total. The maximum atomic E-state index is 15.8. The van der Waals surface area contributed by atoms with Crippen molar-refractivity contribution in [3.8, 4) is 11.5 Å². The van der Waals surface area contributed by atoms with Crippen molar-refractivity contribution in [2.24, 2.45) is 17.9 Å². The first-order valence-electron chi connectivity index (χ1n) is 16.6. The third-order valence-electron chi connectivity index (χ3n) is 9.70. The van der Waals surface area contributed by atoms with Crippen LogP contribution in [0.2, 0.25) is 0 Å². The molecule has 1 aliphatic rings. The van der Waals surface area contributed by atoms with Gasteiger partial charge in [0.05, 0.1) is 21.2 Å². The third-order valence-corrected chi connectivity index (χ3v) is 12.3. The molecule has 0 aliphatic carbocycles. The van der Waals surface area contributed by atoms with Crippen LogP contribution in [0.3, 0.4) is 0 Å². The lowest BCUT2D eigenvalue weighted by atomic mass is 9.74. The van der Waals surface area contributed by atoms with E-state index < -0.39 is 28.4 Å². The van der Waals surface area contributed by atoms with Crippen molar-refractivity contribution >= 4 is 40.4 Å². The van der Waals surface area contributed by atoms with E-state index in [1.165, 1.54) is 11.8 Å². The Balaban J connectivity index is 1.45. The van der Waals surface area contributed by atoms with Gasteiger partial charge in [-0.15, -0.1) is 0 Å². The van der Waals surface area contributed by atoms with Crippen LogP contribution >= 0.6 is 23.5 Å². The van der Waals surface area contributed by atoms with Crippen molar-refractivity contribution in [3.05, 3.63) is 89.0 Å². The normalized spacial score (nSPS) is 18.9. The lowest BCUT2D eigenvalue weighted by Gasteiger charge is -2.31. The standard InChI is InChI=1S/C38H43F2N5O2S2/c1-36(2)14-8-15-38(5,24-10-7-9-23(19-24)21-37(3,4)35(46)47)34-43-33(45(6)44-34)28-20-25(11-16-41-28)49-32-27(13-18-48-22-36)26-12-17-42-31(26)29(39)30(32)40/h7,9-12,16-17,19-20,42H,8,13-15,18,21-22H2,1-6H3,(H,46,47)/t38-/m1/s1. The molecule has 4 bridgehead atoms. The second-order valence-corrected chi connectivity index (χ2v) is 17.0. The van der Waals surface area contributed by atoms with E-state index >= 15 is 8.78 Å². The van der Waals surface area contributed by atoms with Crippen molar-refractivity contribution in [2.45, 2.75) is 81.9 Å². The number of H-pyrrole nitrogens is 1. The Morgan fingerprint density at radius 2 is 1.90 bits per heavy atom. The fraction of sp³-hybridized carbons (Fsp3) is 0.421. The van der Waals surface area contributed by atoms with Crippen molar-refractivity contribution in [2.75, 3.05) is 11.5 Å². The summed E-state index contributed by atoms with van der Waals surface area (Å²) in [5.74, 6) is 0.366. The van der Waals surface area contributed by atoms with E-state index in [4.69, 9.17) is 10.1 Å². The highest BCUT2D eigenvalue weighted by Crippen LogP contribution is 2.42. The number of aromatic nitrogens is 5. The first-order chi connectivity index (χ1) is 23.2. The number of thioether (sulfide) groups is 1. The van der Waals surface area contributed by atoms with E-state index in [1.807, 2.05) is 43.1 Å². The van der Waals surface area contributed by atoms with E-state index in [1.54, 1.807) is 37.0 Å². The number of carbonyl (C=O) groups is 1. The third kappa shape index (κ3) is 7.15. The number of aliphatic carboxylic acids is 1. The molecule has 0 spiro atoms. The van der Waals surface area contributed by atoms with Gasteiger partial charge in [-0.3, -0.25) is 9.78 Å². The predicted octanol–water partition coefficient (Wildman–Crippen LogP) is 9.23. The fourth-order valence-corrected chi connectivity index (χ4v) is 8.93. The van der Waals surface area contributed by atoms with Gasteiger partial charge in [-0.05, 0) is 98.3 Å². The molecule has 0 unspecified atom stereocenters. The Bertz CT molecular complexity index is 2020. The van der Waals surface area contributed by atoms with Crippen LogP contribution in [-0.2, 0) is 30.1 Å². The van der Waals surface area contributed by atoms with Crippen molar-refractivity contribution < 1.29 is 18.7 Å². The Kier molecular flexibility index (Phi) is 9.71. The Morgan fingerprint density at radius 3 is 2.67 bits per heavy atom. The van der Waals surface area contributed by atoms with Crippen LogP contribution in [0.5, 0.6) is 0 Å². The van der Waals surface area contributed by atoms with Crippen molar-refractivity contribution in [1.82, 2.24) is 24.7 Å². The molecule has 49 heavy (non-hydrogen) atoms. The zero-order chi connectivity index (χ0) is 35.1. The molecule has 6 rings (SSSR count). The molecule has 0 amide bonds. The predicted molar refractivity (Wildman–Crippen MR) is 193 cm³/mol. The van der Waals surface area contributed by atoms with Gasteiger partial charge in [0.1, 0.15) is 5.69 Å². The zero-order valence-corrected chi connectivity index (χ0v) is 30.5. The monoisotopic (exact) mass is 703 g/mol. The summed E-state index contributed by atoms with van der Waals surface area (Å²) in [6.07, 6.45) is 7.02. The Morgan fingerprint density at radius 1 is 1.10 bits per heavy atom. The van der Waals surface area contributed by atoms with Crippen LogP contribution in [-0.4, -0.2) is 47.3 Å². The first kappa shape index (κ1) is 35.1. The average molecular weight is 704 g/mol. The molecule has 1 aliphatic heterocycles.